The van der Waals surface area contributed by atoms with Gasteiger partial charge in [-0.3, -0.25) is 0 Å². The summed E-state index contributed by atoms with van der Waals surface area (Å²) < 4.78 is 47.4. The van der Waals surface area contributed by atoms with Gasteiger partial charge in [0.2, 0.25) is 6.29 Å². The van der Waals surface area contributed by atoms with E-state index in [-0.39, 0.29) is 6.42 Å². The number of hydrogen-bond acceptors (Lipinski definition) is 2. The number of hydrogen-bond donors (Lipinski definition) is 0. The Balaban J connectivity index is 1.99. The highest BCUT2D eigenvalue weighted by atomic mass is 19.4. The summed E-state index contributed by atoms with van der Waals surface area (Å²) in [4.78, 5) is 0. The predicted octanol–water partition coefficient (Wildman–Crippen LogP) is 3.30. The molecule has 1 aromatic carbocycles. The lowest BCUT2D eigenvalue weighted by atomic mass is 10.2. The summed E-state index contributed by atoms with van der Waals surface area (Å²) in [5.41, 5.74) is 0. The van der Waals surface area contributed by atoms with Crippen LogP contribution in [-0.2, 0) is 4.74 Å². The molecule has 1 heterocycles. The zero-order valence-corrected chi connectivity index (χ0v) is 8.85. The third-order valence-electron chi connectivity index (χ3n) is 2.30. The van der Waals surface area contributed by atoms with Crippen molar-refractivity contribution in [1.82, 2.24) is 0 Å². The van der Waals surface area contributed by atoms with E-state index < -0.39 is 18.6 Å². The largest absolute Gasteiger partial charge is 0.461 e. The predicted molar refractivity (Wildman–Crippen MR) is 55.5 cm³/mol. The lowest BCUT2D eigenvalue weighted by Gasteiger charge is -2.27. The molecule has 92 valence electrons. The fraction of sp³-hybridized carbons (Fsp3) is 0.333. The van der Waals surface area contributed by atoms with Gasteiger partial charge in [0.1, 0.15) is 5.75 Å². The van der Waals surface area contributed by atoms with E-state index in [9.17, 15) is 13.2 Å². The smallest absolute Gasteiger partial charge is 0.415 e. The van der Waals surface area contributed by atoms with Crippen LogP contribution in [0.5, 0.6) is 5.75 Å². The van der Waals surface area contributed by atoms with Gasteiger partial charge in [0.05, 0.1) is 0 Å². The fourth-order valence-electron chi connectivity index (χ4n) is 1.49. The van der Waals surface area contributed by atoms with Crippen molar-refractivity contribution >= 4 is 0 Å². The van der Waals surface area contributed by atoms with Gasteiger partial charge in [-0.1, -0.05) is 24.3 Å². The molecule has 0 bridgehead atoms. The Labute approximate surface area is 96.6 Å². The van der Waals surface area contributed by atoms with Crippen molar-refractivity contribution < 1.29 is 22.6 Å². The van der Waals surface area contributed by atoms with Crippen molar-refractivity contribution in [2.24, 2.45) is 0 Å². The first-order valence-corrected chi connectivity index (χ1v) is 5.16. The summed E-state index contributed by atoms with van der Waals surface area (Å²) in [5.74, 6) is 0.477. The van der Waals surface area contributed by atoms with Gasteiger partial charge >= 0.3 is 6.18 Å². The normalized spacial score (nSPS) is 24.6. The molecule has 5 heteroatoms. The Hall–Kier alpha value is -1.49. The average Bonchev–Trinajstić information content (AvgIpc) is 2.29. The zero-order valence-electron chi connectivity index (χ0n) is 8.85. The second kappa shape index (κ2) is 4.79. The second-order valence-corrected chi connectivity index (χ2v) is 3.63. The lowest BCUT2D eigenvalue weighted by molar-refractivity contribution is -0.250. The topological polar surface area (TPSA) is 18.5 Å². The Morgan fingerprint density at radius 3 is 2.53 bits per heavy atom. The average molecular weight is 244 g/mol. The minimum atomic E-state index is -4.36. The molecule has 1 aromatic rings. The van der Waals surface area contributed by atoms with Gasteiger partial charge in [-0.05, 0) is 18.2 Å². The van der Waals surface area contributed by atoms with Gasteiger partial charge in [0.25, 0.3) is 0 Å². The summed E-state index contributed by atoms with van der Waals surface area (Å²) in [6.07, 6.45) is -4.40. The van der Waals surface area contributed by atoms with Gasteiger partial charge in [0, 0.05) is 6.42 Å². The van der Waals surface area contributed by atoms with Crippen molar-refractivity contribution in [3.05, 3.63) is 42.5 Å². The van der Waals surface area contributed by atoms with Crippen LogP contribution in [0.3, 0.4) is 0 Å². The Morgan fingerprint density at radius 2 is 1.88 bits per heavy atom. The van der Waals surface area contributed by atoms with Crippen molar-refractivity contribution in [3.8, 4) is 5.75 Å². The molecule has 0 N–H and O–H groups in total. The van der Waals surface area contributed by atoms with E-state index in [0.717, 1.165) is 0 Å². The van der Waals surface area contributed by atoms with Crippen molar-refractivity contribution in [3.63, 3.8) is 0 Å². The summed E-state index contributed by atoms with van der Waals surface area (Å²) in [7, 11) is 0. The van der Waals surface area contributed by atoms with Gasteiger partial charge in [-0.15, -0.1) is 0 Å². The first kappa shape index (κ1) is 12.0. The maximum Gasteiger partial charge on any atom is 0.415 e. The molecular formula is C12H11F3O2. The summed E-state index contributed by atoms with van der Waals surface area (Å²) in [5, 5.41) is 0. The van der Waals surface area contributed by atoms with E-state index in [2.05, 4.69) is 0 Å². The molecule has 1 unspecified atom stereocenters. The second-order valence-electron chi connectivity index (χ2n) is 3.63. The highest BCUT2D eigenvalue weighted by Crippen LogP contribution is 2.29. The maximum absolute atomic E-state index is 12.4. The van der Waals surface area contributed by atoms with Crippen LogP contribution in [0.1, 0.15) is 6.42 Å². The molecule has 0 spiro atoms. The molecule has 2 atom stereocenters. The minimum Gasteiger partial charge on any atom is -0.461 e. The summed E-state index contributed by atoms with van der Waals surface area (Å²) in [6.45, 7) is 0. The quantitative estimate of drug-likeness (QED) is 0.743. The third-order valence-corrected chi connectivity index (χ3v) is 2.30. The minimum absolute atomic E-state index is 0.169. The number of benzene rings is 1. The molecule has 1 aliphatic heterocycles. The molecule has 0 aliphatic carbocycles. The van der Waals surface area contributed by atoms with Crippen LogP contribution in [0.25, 0.3) is 0 Å². The molecule has 2 nitrogen and oxygen atoms in total. The van der Waals surface area contributed by atoms with E-state index in [0.29, 0.717) is 5.75 Å². The number of halogens is 3. The van der Waals surface area contributed by atoms with Crippen LogP contribution in [0.15, 0.2) is 42.5 Å². The molecule has 1 aliphatic rings. The highest BCUT2D eigenvalue weighted by Gasteiger charge is 2.42. The molecule has 0 amide bonds. The van der Waals surface area contributed by atoms with Crippen LogP contribution in [0, 0.1) is 0 Å². The lowest BCUT2D eigenvalue weighted by Crippen LogP contribution is -2.38. The van der Waals surface area contributed by atoms with Gasteiger partial charge < -0.3 is 9.47 Å². The third kappa shape index (κ3) is 3.23. The molecular weight excluding hydrogens is 233 g/mol. The summed E-state index contributed by atoms with van der Waals surface area (Å²) in [6, 6.07) is 8.60. The van der Waals surface area contributed by atoms with E-state index in [1.54, 1.807) is 30.3 Å². The van der Waals surface area contributed by atoms with E-state index in [1.165, 1.54) is 12.2 Å². The van der Waals surface area contributed by atoms with E-state index in [4.69, 9.17) is 9.47 Å². The van der Waals surface area contributed by atoms with Crippen LogP contribution < -0.4 is 4.74 Å². The number of rotatable bonds is 2. The molecule has 0 aromatic heterocycles. The molecule has 2 rings (SSSR count). The number of alkyl halides is 3. The van der Waals surface area contributed by atoms with Crippen molar-refractivity contribution in [1.29, 1.82) is 0 Å². The SMILES string of the molecule is FC(F)(F)[C@H]1CC=CC(Oc2ccccc2)O1. The van der Waals surface area contributed by atoms with Crippen LogP contribution >= 0.6 is 0 Å². The van der Waals surface area contributed by atoms with Crippen molar-refractivity contribution in [2.75, 3.05) is 0 Å². The van der Waals surface area contributed by atoms with Crippen LogP contribution in [0.2, 0.25) is 0 Å². The molecule has 17 heavy (non-hydrogen) atoms. The maximum atomic E-state index is 12.4. The first-order chi connectivity index (χ1) is 8.05. The highest BCUT2D eigenvalue weighted by molar-refractivity contribution is 5.21. The number of para-hydroxylation sites is 1. The summed E-state index contributed by atoms with van der Waals surface area (Å²) >= 11 is 0. The fourth-order valence-corrected chi connectivity index (χ4v) is 1.49. The molecule has 0 fully saturated rings. The molecule has 0 saturated heterocycles. The van der Waals surface area contributed by atoms with Gasteiger partial charge in [-0.2, -0.15) is 13.2 Å². The van der Waals surface area contributed by atoms with Crippen LogP contribution in [-0.4, -0.2) is 18.6 Å². The van der Waals surface area contributed by atoms with Crippen LogP contribution in [0.4, 0.5) is 13.2 Å². The van der Waals surface area contributed by atoms with E-state index >= 15 is 0 Å². The Bertz CT molecular complexity index is 386. The Kier molecular flexibility index (Phi) is 3.38. The monoisotopic (exact) mass is 244 g/mol. The molecule has 0 saturated carbocycles. The van der Waals surface area contributed by atoms with Crippen molar-refractivity contribution in [2.45, 2.75) is 25.0 Å². The number of ether oxygens (including phenoxy) is 2. The Morgan fingerprint density at radius 1 is 1.18 bits per heavy atom. The van der Waals surface area contributed by atoms with Gasteiger partial charge in [-0.25, -0.2) is 0 Å². The zero-order chi connectivity index (χ0) is 12.3. The first-order valence-electron chi connectivity index (χ1n) is 5.16. The van der Waals surface area contributed by atoms with E-state index in [1.807, 2.05) is 0 Å². The molecule has 0 radical (unpaired) electrons. The standard InChI is InChI=1S/C12H11F3O2/c13-12(14,15)10-7-4-8-11(17-10)16-9-5-2-1-3-6-9/h1-6,8,10-11H,7H2/t10-,11?/m1/s1. The van der Waals surface area contributed by atoms with Gasteiger partial charge in [0.15, 0.2) is 6.10 Å².